The van der Waals surface area contributed by atoms with Crippen LogP contribution in [0.15, 0.2) is 77.8 Å². The third-order valence-corrected chi connectivity index (χ3v) is 5.44. The predicted octanol–water partition coefficient (Wildman–Crippen LogP) is 6.60. The molecule has 6 nitrogen and oxygen atoms in total. The zero-order valence-corrected chi connectivity index (χ0v) is 20.0. The average molecular weight is 531 g/mol. The van der Waals surface area contributed by atoms with Gasteiger partial charge in [-0.1, -0.05) is 11.6 Å². The van der Waals surface area contributed by atoms with E-state index in [2.05, 4.69) is 20.5 Å². The molecule has 11 heteroatoms. The summed E-state index contributed by atoms with van der Waals surface area (Å²) in [6.45, 7) is 0. The molecule has 37 heavy (non-hydrogen) atoms. The van der Waals surface area contributed by atoms with Crippen LogP contribution >= 0.6 is 11.6 Å². The molecule has 4 aromatic rings. The fourth-order valence-corrected chi connectivity index (χ4v) is 3.64. The highest BCUT2D eigenvalue weighted by Gasteiger charge is 2.30. The summed E-state index contributed by atoms with van der Waals surface area (Å²) >= 11 is 5.93. The zero-order valence-electron chi connectivity index (χ0n) is 19.2. The molecule has 0 fully saturated rings. The highest BCUT2D eigenvalue weighted by atomic mass is 35.5. The van der Waals surface area contributed by atoms with Gasteiger partial charge in [-0.15, -0.1) is 0 Å². The number of carbonyl (C=O) groups excluding carboxylic acids is 1. The van der Waals surface area contributed by atoms with Gasteiger partial charge in [0.1, 0.15) is 17.4 Å². The Labute approximate surface area is 214 Å². The number of H-pyrrole nitrogens is 1. The third kappa shape index (κ3) is 6.73. The van der Waals surface area contributed by atoms with Crippen molar-refractivity contribution in [3.05, 3.63) is 100 Å². The Hall–Kier alpha value is -4.18. The molecule has 1 aromatic heterocycles. The lowest BCUT2D eigenvalue weighted by Crippen LogP contribution is -2.32. The zero-order chi connectivity index (χ0) is 26.6. The Bertz CT molecular complexity index is 1410. The van der Waals surface area contributed by atoms with Crippen molar-refractivity contribution in [1.29, 1.82) is 0 Å². The highest BCUT2D eigenvalue weighted by molar-refractivity contribution is 6.30. The van der Waals surface area contributed by atoms with Crippen LogP contribution in [0.5, 0.6) is 5.75 Å². The monoisotopic (exact) mass is 530 g/mol. The predicted molar refractivity (Wildman–Crippen MR) is 132 cm³/mol. The number of hydrogen-bond acceptors (Lipinski definition) is 4. The van der Waals surface area contributed by atoms with Crippen molar-refractivity contribution in [3.63, 3.8) is 0 Å². The second kappa shape index (κ2) is 10.8. The van der Waals surface area contributed by atoms with E-state index in [4.69, 9.17) is 16.3 Å². The molecule has 0 bridgehead atoms. The number of carbonyl (C=O) groups is 1. The van der Waals surface area contributed by atoms with Gasteiger partial charge in [0.2, 0.25) is 0 Å². The van der Waals surface area contributed by atoms with Gasteiger partial charge >= 0.3 is 6.18 Å². The lowest BCUT2D eigenvalue weighted by molar-refractivity contribution is -0.137. The summed E-state index contributed by atoms with van der Waals surface area (Å²) in [7, 11) is 1.56. The smallest absolute Gasteiger partial charge is 0.416 e. The molecule has 0 unspecified atom stereocenters. The van der Waals surface area contributed by atoms with Crippen LogP contribution in [0.1, 0.15) is 21.6 Å². The number of methoxy groups -OCH3 is 1. The molecule has 4 rings (SSSR count). The Balaban J connectivity index is 1.60. The summed E-state index contributed by atoms with van der Waals surface area (Å²) in [6.07, 6.45) is -4.48. The normalized spacial score (nSPS) is 11.9. The molecular weight excluding hydrogens is 512 g/mol. The van der Waals surface area contributed by atoms with Crippen molar-refractivity contribution in [3.8, 4) is 17.0 Å². The number of aliphatic imine (C=N–C) groups is 1. The summed E-state index contributed by atoms with van der Waals surface area (Å²) in [5.41, 5.74) is 1.26. The van der Waals surface area contributed by atoms with Crippen LogP contribution in [0, 0.1) is 5.82 Å². The van der Waals surface area contributed by atoms with Gasteiger partial charge < -0.3 is 10.1 Å². The molecule has 0 aliphatic rings. The van der Waals surface area contributed by atoms with Crippen molar-refractivity contribution in [2.24, 2.45) is 4.99 Å². The van der Waals surface area contributed by atoms with Crippen LogP contribution in [-0.2, 0) is 12.6 Å². The Kier molecular flexibility index (Phi) is 7.58. The molecular formula is C26H19ClF4N4O2. The van der Waals surface area contributed by atoms with Gasteiger partial charge in [-0.3, -0.25) is 9.89 Å². The molecule has 3 aromatic carbocycles. The van der Waals surface area contributed by atoms with Gasteiger partial charge in [-0.2, -0.15) is 18.3 Å². The standard InChI is InChI=1S/C26H19ClF4N4O2/c1-37-22-8-4-15(5-9-22)23-13-21(34-35-23)14-24(32-20-11-18(27)10-19(28)12-20)33-25(36)16-2-6-17(7-3-16)26(29,30)31/h2-13H,14H2,1H3,(H,34,35)(H,32,33,36). The quantitative estimate of drug-likeness (QED) is 0.167. The Morgan fingerprint density at radius 2 is 1.76 bits per heavy atom. The van der Waals surface area contributed by atoms with E-state index >= 15 is 0 Å². The number of halogens is 5. The second-order valence-corrected chi connectivity index (χ2v) is 8.34. The average Bonchev–Trinajstić information content (AvgIpc) is 3.31. The van der Waals surface area contributed by atoms with E-state index in [1.807, 2.05) is 12.1 Å². The van der Waals surface area contributed by atoms with Gasteiger partial charge in [-0.25, -0.2) is 9.38 Å². The largest absolute Gasteiger partial charge is 0.497 e. The number of aromatic nitrogens is 2. The van der Waals surface area contributed by atoms with E-state index in [9.17, 15) is 22.4 Å². The number of benzene rings is 3. The fraction of sp³-hybridized carbons (Fsp3) is 0.115. The van der Waals surface area contributed by atoms with Crippen molar-refractivity contribution in [2.75, 3.05) is 7.11 Å². The van der Waals surface area contributed by atoms with Gasteiger partial charge in [0.25, 0.3) is 5.91 Å². The van der Waals surface area contributed by atoms with Gasteiger partial charge in [0.15, 0.2) is 0 Å². The number of nitrogens with zero attached hydrogens (tertiary/aromatic N) is 2. The fourth-order valence-electron chi connectivity index (χ4n) is 3.43. The van der Waals surface area contributed by atoms with Crippen LogP contribution in [0.3, 0.4) is 0 Å². The number of aromatic amines is 1. The highest BCUT2D eigenvalue weighted by Crippen LogP contribution is 2.29. The Morgan fingerprint density at radius 1 is 1.05 bits per heavy atom. The molecule has 2 N–H and O–H groups in total. The molecule has 1 amide bonds. The number of alkyl halides is 3. The van der Waals surface area contributed by atoms with Crippen LogP contribution in [0.25, 0.3) is 11.3 Å². The van der Waals surface area contributed by atoms with Crippen molar-refractivity contribution < 1.29 is 27.1 Å². The van der Waals surface area contributed by atoms with E-state index in [1.54, 1.807) is 25.3 Å². The summed E-state index contributed by atoms with van der Waals surface area (Å²) in [5, 5.41) is 9.85. The van der Waals surface area contributed by atoms with Gasteiger partial charge in [0.05, 0.1) is 24.1 Å². The van der Waals surface area contributed by atoms with E-state index in [0.29, 0.717) is 17.1 Å². The summed E-state index contributed by atoms with van der Waals surface area (Å²) < 4.78 is 57.6. The number of rotatable bonds is 6. The van der Waals surface area contributed by atoms with Gasteiger partial charge in [0, 0.05) is 28.3 Å². The molecule has 190 valence electrons. The minimum Gasteiger partial charge on any atom is -0.497 e. The first-order chi connectivity index (χ1) is 17.6. The molecule has 0 aliphatic heterocycles. The maximum atomic E-state index is 13.9. The molecule has 0 radical (unpaired) electrons. The molecule has 1 heterocycles. The maximum absolute atomic E-state index is 13.9. The van der Waals surface area contributed by atoms with Gasteiger partial charge in [-0.05, 0) is 72.8 Å². The topological polar surface area (TPSA) is 79.4 Å². The van der Waals surface area contributed by atoms with E-state index in [1.165, 1.54) is 6.07 Å². The SMILES string of the molecule is COc1ccc(-c2cc(CC(=Nc3cc(F)cc(Cl)c3)NC(=O)c3ccc(C(F)(F)F)cc3)[nH]n2)cc1. The first kappa shape index (κ1) is 25.9. The minimum absolute atomic E-state index is 0.0125. The van der Waals surface area contributed by atoms with Crippen molar-refractivity contribution in [1.82, 2.24) is 15.5 Å². The van der Waals surface area contributed by atoms with Crippen LogP contribution in [0.4, 0.5) is 23.2 Å². The lowest BCUT2D eigenvalue weighted by Gasteiger charge is -2.10. The number of amidine groups is 1. The Morgan fingerprint density at radius 3 is 2.38 bits per heavy atom. The number of hydrogen-bond donors (Lipinski definition) is 2. The van der Waals surface area contributed by atoms with E-state index in [-0.39, 0.29) is 28.5 Å². The lowest BCUT2D eigenvalue weighted by atomic mass is 10.1. The molecule has 0 atom stereocenters. The van der Waals surface area contributed by atoms with Crippen molar-refractivity contribution >= 4 is 29.0 Å². The number of ether oxygens (including phenoxy) is 1. The number of amides is 1. The van der Waals surface area contributed by atoms with E-state index < -0.39 is 23.5 Å². The van der Waals surface area contributed by atoms with E-state index in [0.717, 1.165) is 42.0 Å². The number of nitrogens with one attached hydrogen (secondary N) is 2. The van der Waals surface area contributed by atoms with Crippen LogP contribution in [0.2, 0.25) is 5.02 Å². The molecule has 0 saturated carbocycles. The molecule has 0 aliphatic carbocycles. The first-order valence-corrected chi connectivity index (χ1v) is 11.2. The summed E-state index contributed by atoms with van der Waals surface area (Å²) in [5.74, 6) is -0.530. The summed E-state index contributed by atoms with van der Waals surface area (Å²) in [6, 6.07) is 16.4. The van der Waals surface area contributed by atoms with Crippen LogP contribution < -0.4 is 10.1 Å². The third-order valence-electron chi connectivity index (χ3n) is 5.22. The van der Waals surface area contributed by atoms with Crippen molar-refractivity contribution in [2.45, 2.75) is 12.6 Å². The molecule has 0 saturated heterocycles. The summed E-state index contributed by atoms with van der Waals surface area (Å²) in [4.78, 5) is 17.1. The first-order valence-electron chi connectivity index (χ1n) is 10.8. The second-order valence-electron chi connectivity index (χ2n) is 7.90. The molecule has 0 spiro atoms. The minimum atomic E-state index is -4.53. The van der Waals surface area contributed by atoms with Crippen LogP contribution in [-0.4, -0.2) is 29.0 Å². The maximum Gasteiger partial charge on any atom is 0.416 e.